The highest BCUT2D eigenvalue weighted by Crippen LogP contribution is 2.30. The molecule has 0 radical (unpaired) electrons. The largest absolute Gasteiger partial charge is 0.416 e. The van der Waals surface area contributed by atoms with E-state index < -0.39 is 21.6 Å². The predicted molar refractivity (Wildman–Crippen MR) is 71.3 cm³/mol. The summed E-state index contributed by atoms with van der Waals surface area (Å²) in [5, 5.41) is 3.05. The Labute approximate surface area is 117 Å². The summed E-state index contributed by atoms with van der Waals surface area (Å²) < 4.78 is 61.5. The Morgan fingerprint density at radius 2 is 1.90 bits per heavy atom. The summed E-state index contributed by atoms with van der Waals surface area (Å²) in [7, 11) is -3.67. The average Bonchev–Trinajstić information content (AvgIpc) is 2.37. The Hall–Kier alpha value is -1.08. The zero-order chi connectivity index (χ0) is 15.2. The highest BCUT2D eigenvalue weighted by Gasteiger charge is 2.31. The van der Waals surface area contributed by atoms with Crippen molar-refractivity contribution >= 4 is 9.84 Å². The van der Waals surface area contributed by atoms with Gasteiger partial charge in [0.2, 0.25) is 0 Å². The van der Waals surface area contributed by atoms with E-state index >= 15 is 0 Å². The van der Waals surface area contributed by atoms with Crippen molar-refractivity contribution in [3.05, 3.63) is 29.8 Å². The Kier molecular flexibility index (Phi) is 6.01. The summed E-state index contributed by atoms with van der Waals surface area (Å²) in [5.41, 5.74) is -0.942. The predicted octanol–water partition coefficient (Wildman–Crippen LogP) is 2.87. The zero-order valence-corrected chi connectivity index (χ0v) is 12.0. The SMILES string of the molecule is CCCNCCCS(=O)(=O)c1cccc(C(F)(F)F)c1. The van der Waals surface area contributed by atoms with Crippen LogP contribution >= 0.6 is 0 Å². The standard InChI is InChI=1S/C13H18F3NO2S/c1-2-7-17-8-4-9-20(18,19)12-6-3-5-11(10-12)13(14,15)16/h3,5-6,10,17H,2,4,7-9H2,1H3. The van der Waals surface area contributed by atoms with Crippen molar-refractivity contribution in [2.75, 3.05) is 18.8 Å². The van der Waals surface area contributed by atoms with Crippen LogP contribution in [0.15, 0.2) is 29.2 Å². The lowest BCUT2D eigenvalue weighted by Crippen LogP contribution is -2.19. The molecule has 114 valence electrons. The molecule has 0 aliphatic heterocycles. The fourth-order valence-corrected chi connectivity index (χ4v) is 3.03. The van der Waals surface area contributed by atoms with Gasteiger partial charge in [-0.1, -0.05) is 13.0 Å². The highest BCUT2D eigenvalue weighted by molar-refractivity contribution is 7.91. The molecule has 1 rings (SSSR count). The first-order chi connectivity index (χ1) is 9.27. The molecule has 1 aromatic rings. The summed E-state index contributed by atoms with van der Waals surface area (Å²) in [6.45, 7) is 3.32. The van der Waals surface area contributed by atoms with Gasteiger partial charge < -0.3 is 5.32 Å². The van der Waals surface area contributed by atoms with E-state index in [1.165, 1.54) is 6.07 Å². The normalized spacial score (nSPS) is 12.6. The minimum Gasteiger partial charge on any atom is -0.317 e. The minimum absolute atomic E-state index is 0.162. The Balaban J connectivity index is 2.73. The molecule has 0 aromatic heterocycles. The average molecular weight is 309 g/mol. The van der Waals surface area contributed by atoms with Crippen molar-refractivity contribution in [3.63, 3.8) is 0 Å². The van der Waals surface area contributed by atoms with Crippen molar-refractivity contribution in [1.82, 2.24) is 5.32 Å². The van der Waals surface area contributed by atoms with Gasteiger partial charge in [0, 0.05) is 0 Å². The van der Waals surface area contributed by atoms with E-state index in [1.807, 2.05) is 6.92 Å². The van der Waals surface area contributed by atoms with Gasteiger partial charge in [-0.05, 0) is 44.1 Å². The molecule has 0 aliphatic rings. The molecule has 20 heavy (non-hydrogen) atoms. The Morgan fingerprint density at radius 3 is 2.50 bits per heavy atom. The van der Waals surface area contributed by atoms with Gasteiger partial charge in [0.15, 0.2) is 9.84 Å². The zero-order valence-electron chi connectivity index (χ0n) is 11.2. The van der Waals surface area contributed by atoms with Crippen molar-refractivity contribution in [2.45, 2.75) is 30.8 Å². The smallest absolute Gasteiger partial charge is 0.317 e. The van der Waals surface area contributed by atoms with Crippen LogP contribution in [0.2, 0.25) is 0 Å². The summed E-state index contributed by atoms with van der Waals surface area (Å²) in [6.07, 6.45) is -3.22. The molecule has 1 aromatic carbocycles. The maximum atomic E-state index is 12.5. The molecule has 0 bridgehead atoms. The summed E-state index contributed by atoms with van der Waals surface area (Å²) in [5.74, 6) is -0.162. The number of hydrogen-bond donors (Lipinski definition) is 1. The van der Waals surface area contributed by atoms with Crippen LogP contribution in [0.4, 0.5) is 13.2 Å². The highest BCUT2D eigenvalue weighted by atomic mass is 32.2. The first kappa shape index (κ1) is 17.0. The van der Waals surface area contributed by atoms with Crippen molar-refractivity contribution in [2.24, 2.45) is 0 Å². The van der Waals surface area contributed by atoms with Crippen LogP contribution in [0.5, 0.6) is 0 Å². The Bertz CT molecular complexity index is 527. The lowest BCUT2D eigenvalue weighted by molar-refractivity contribution is -0.137. The number of rotatable bonds is 7. The molecular formula is C13H18F3NO2S. The topological polar surface area (TPSA) is 46.2 Å². The number of halogens is 3. The summed E-state index contributed by atoms with van der Waals surface area (Å²) in [4.78, 5) is -0.275. The van der Waals surface area contributed by atoms with Crippen LogP contribution < -0.4 is 5.32 Å². The van der Waals surface area contributed by atoms with E-state index in [4.69, 9.17) is 0 Å². The third kappa shape index (κ3) is 5.13. The maximum Gasteiger partial charge on any atom is 0.416 e. The summed E-state index contributed by atoms with van der Waals surface area (Å²) >= 11 is 0. The molecule has 0 atom stereocenters. The van der Waals surface area contributed by atoms with Crippen LogP contribution in [-0.2, 0) is 16.0 Å². The van der Waals surface area contributed by atoms with E-state index in [2.05, 4.69) is 5.32 Å². The number of sulfone groups is 1. The maximum absolute atomic E-state index is 12.5. The van der Waals surface area contributed by atoms with Crippen molar-refractivity contribution < 1.29 is 21.6 Å². The minimum atomic E-state index is -4.53. The monoisotopic (exact) mass is 309 g/mol. The van der Waals surface area contributed by atoms with E-state index in [0.29, 0.717) is 19.0 Å². The second-order valence-corrected chi connectivity index (χ2v) is 6.56. The van der Waals surface area contributed by atoms with Gasteiger partial charge in [-0.2, -0.15) is 13.2 Å². The fraction of sp³-hybridized carbons (Fsp3) is 0.538. The molecule has 0 spiro atoms. The van der Waals surface area contributed by atoms with Gasteiger partial charge in [-0.3, -0.25) is 0 Å². The molecular weight excluding hydrogens is 291 g/mol. The van der Waals surface area contributed by atoms with Gasteiger partial charge in [-0.15, -0.1) is 0 Å². The molecule has 0 saturated heterocycles. The van der Waals surface area contributed by atoms with Crippen LogP contribution in [0.1, 0.15) is 25.3 Å². The molecule has 0 saturated carbocycles. The Morgan fingerprint density at radius 1 is 1.20 bits per heavy atom. The lowest BCUT2D eigenvalue weighted by atomic mass is 10.2. The molecule has 0 fully saturated rings. The second-order valence-electron chi connectivity index (χ2n) is 4.45. The molecule has 0 heterocycles. The van der Waals surface area contributed by atoms with Crippen molar-refractivity contribution in [3.8, 4) is 0 Å². The van der Waals surface area contributed by atoms with Gasteiger partial charge in [0.25, 0.3) is 0 Å². The number of benzene rings is 1. The molecule has 0 amide bonds. The fourth-order valence-electron chi connectivity index (χ4n) is 1.67. The molecule has 3 nitrogen and oxygen atoms in total. The van der Waals surface area contributed by atoms with Crippen molar-refractivity contribution in [1.29, 1.82) is 0 Å². The van der Waals surface area contributed by atoms with Gasteiger partial charge >= 0.3 is 6.18 Å². The van der Waals surface area contributed by atoms with Crippen LogP contribution in [0.25, 0.3) is 0 Å². The first-order valence-electron chi connectivity index (χ1n) is 6.38. The molecule has 1 N–H and O–H groups in total. The van der Waals surface area contributed by atoms with Gasteiger partial charge in [0.1, 0.15) is 0 Å². The molecule has 0 unspecified atom stereocenters. The third-order valence-corrected chi connectivity index (χ3v) is 4.51. The molecule has 0 aliphatic carbocycles. The van der Waals surface area contributed by atoms with Crippen LogP contribution in [0.3, 0.4) is 0 Å². The third-order valence-electron chi connectivity index (χ3n) is 2.71. The van der Waals surface area contributed by atoms with E-state index in [9.17, 15) is 21.6 Å². The van der Waals surface area contributed by atoms with Gasteiger partial charge in [0.05, 0.1) is 16.2 Å². The first-order valence-corrected chi connectivity index (χ1v) is 8.03. The van der Waals surface area contributed by atoms with E-state index in [0.717, 1.165) is 25.1 Å². The van der Waals surface area contributed by atoms with Crippen LogP contribution in [-0.4, -0.2) is 27.3 Å². The van der Waals surface area contributed by atoms with Gasteiger partial charge in [-0.25, -0.2) is 8.42 Å². The summed E-state index contributed by atoms with van der Waals surface area (Å²) in [6, 6.07) is 3.87. The van der Waals surface area contributed by atoms with Crippen LogP contribution in [0, 0.1) is 0 Å². The number of hydrogen-bond acceptors (Lipinski definition) is 3. The van der Waals surface area contributed by atoms with E-state index in [1.54, 1.807) is 0 Å². The lowest BCUT2D eigenvalue weighted by Gasteiger charge is -2.09. The second kappa shape index (κ2) is 7.08. The quantitative estimate of drug-likeness (QED) is 0.788. The number of alkyl halides is 3. The van der Waals surface area contributed by atoms with E-state index in [-0.39, 0.29) is 10.6 Å². The number of nitrogens with one attached hydrogen (secondary N) is 1. The molecule has 7 heteroatoms.